The summed E-state index contributed by atoms with van der Waals surface area (Å²) in [4.78, 5) is 17.0. The van der Waals surface area contributed by atoms with Gasteiger partial charge < -0.3 is 14.6 Å². The summed E-state index contributed by atoms with van der Waals surface area (Å²) >= 11 is 0. The Hall–Kier alpha value is -1.88. The van der Waals surface area contributed by atoms with Gasteiger partial charge >= 0.3 is 5.97 Å². The van der Waals surface area contributed by atoms with Crippen LogP contribution < -0.4 is 4.74 Å². The number of unbranched alkanes of at least 4 members (excludes halogenated alkanes) is 5. The number of esters is 1. The molecule has 0 spiro atoms. The summed E-state index contributed by atoms with van der Waals surface area (Å²) in [7, 11) is 3.91. The Morgan fingerprint density at radius 3 is 2.62 bits per heavy atom. The second kappa shape index (κ2) is 10.3. The van der Waals surface area contributed by atoms with Crippen LogP contribution in [0.4, 0.5) is 4.39 Å². The largest absolute Gasteiger partial charge is 0.426 e. The van der Waals surface area contributed by atoms with Crippen molar-refractivity contribution in [3.05, 3.63) is 29.7 Å². The van der Waals surface area contributed by atoms with Crippen molar-refractivity contribution >= 4 is 16.9 Å². The van der Waals surface area contributed by atoms with E-state index in [1.54, 1.807) is 12.1 Å². The number of halogens is 1. The quantitative estimate of drug-likeness (QED) is 0.345. The normalized spacial score (nSPS) is 11.4. The molecule has 1 N–H and O–H groups in total. The molecule has 0 saturated heterocycles. The zero-order valence-corrected chi connectivity index (χ0v) is 16.2. The van der Waals surface area contributed by atoms with Gasteiger partial charge in [-0.05, 0) is 39.1 Å². The van der Waals surface area contributed by atoms with Gasteiger partial charge in [-0.3, -0.25) is 4.79 Å². The Balaban J connectivity index is 2.01. The number of benzene rings is 1. The molecule has 0 atom stereocenters. The number of carbonyl (C=O) groups excluding carboxylic acids is 1. The zero-order chi connectivity index (χ0) is 18.9. The Kier molecular flexibility index (Phi) is 8.10. The fraction of sp³-hybridized carbons (Fsp3) is 0.571. The van der Waals surface area contributed by atoms with E-state index in [0.717, 1.165) is 25.8 Å². The van der Waals surface area contributed by atoms with Crippen LogP contribution in [0.25, 0.3) is 10.9 Å². The van der Waals surface area contributed by atoms with Gasteiger partial charge in [0.1, 0.15) is 5.75 Å². The van der Waals surface area contributed by atoms with Gasteiger partial charge in [0.05, 0.1) is 5.52 Å². The smallest absolute Gasteiger partial charge is 0.311 e. The van der Waals surface area contributed by atoms with Gasteiger partial charge in [0.2, 0.25) is 0 Å². The molecular formula is C21H31FN2O2. The van der Waals surface area contributed by atoms with E-state index in [-0.39, 0.29) is 11.9 Å². The molecule has 1 aromatic carbocycles. The molecule has 1 aromatic heterocycles. The van der Waals surface area contributed by atoms with Crippen molar-refractivity contribution in [1.82, 2.24) is 9.88 Å². The fourth-order valence-corrected chi connectivity index (χ4v) is 3.13. The standard InChI is InChI=1S/C21H31FN2O2/c1-4-5-6-7-8-9-13-19(25)26-18-12-10-11-17-20(18)16(21(22)23-17)14-15-24(2)3/h10-12,23H,4-9,13-15H2,1-3H3. The van der Waals surface area contributed by atoms with Gasteiger partial charge in [-0.1, -0.05) is 45.1 Å². The number of aromatic amines is 1. The van der Waals surface area contributed by atoms with Crippen molar-refractivity contribution in [2.45, 2.75) is 58.3 Å². The topological polar surface area (TPSA) is 45.3 Å². The lowest BCUT2D eigenvalue weighted by molar-refractivity contribution is -0.134. The van der Waals surface area contributed by atoms with Crippen molar-refractivity contribution in [2.24, 2.45) is 0 Å². The summed E-state index contributed by atoms with van der Waals surface area (Å²) in [6, 6.07) is 5.33. The van der Waals surface area contributed by atoms with E-state index >= 15 is 0 Å². The van der Waals surface area contributed by atoms with Gasteiger partial charge in [-0.2, -0.15) is 4.39 Å². The molecule has 0 aliphatic rings. The molecule has 2 aromatic rings. The monoisotopic (exact) mass is 362 g/mol. The van der Waals surface area contributed by atoms with E-state index in [1.807, 2.05) is 25.1 Å². The molecule has 0 amide bonds. The molecule has 0 bridgehead atoms. The van der Waals surface area contributed by atoms with E-state index in [9.17, 15) is 9.18 Å². The van der Waals surface area contributed by atoms with Gasteiger partial charge in [-0.15, -0.1) is 0 Å². The molecule has 2 rings (SSSR count). The summed E-state index contributed by atoms with van der Waals surface area (Å²) in [6.07, 6.45) is 7.71. The molecule has 0 fully saturated rings. The second-order valence-corrected chi connectivity index (χ2v) is 7.14. The van der Waals surface area contributed by atoms with Crippen molar-refractivity contribution in [2.75, 3.05) is 20.6 Å². The van der Waals surface area contributed by atoms with Crippen LogP contribution in [0, 0.1) is 5.95 Å². The number of hydrogen-bond donors (Lipinski definition) is 1. The third-order valence-corrected chi connectivity index (χ3v) is 4.60. The fourth-order valence-electron chi connectivity index (χ4n) is 3.13. The van der Waals surface area contributed by atoms with Crippen LogP contribution in [0.15, 0.2) is 18.2 Å². The zero-order valence-electron chi connectivity index (χ0n) is 16.2. The number of hydrogen-bond acceptors (Lipinski definition) is 3. The van der Waals surface area contributed by atoms with Crippen LogP contribution in [0.3, 0.4) is 0 Å². The lowest BCUT2D eigenvalue weighted by Crippen LogP contribution is -2.15. The number of ether oxygens (including phenoxy) is 1. The highest BCUT2D eigenvalue weighted by Gasteiger charge is 2.17. The van der Waals surface area contributed by atoms with Gasteiger partial charge in [0, 0.05) is 23.9 Å². The first-order valence-corrected chi connectivity index (χ1v) is 9.67. The maximum atomic E-state index is 14.3. The number of nitrogens with one attached hydrogen (secondary N) is 1. The molecule has 1 heterocycles. The number of carbonyl (C=O) groups is 1. The van der Waals surface area contributed by atoms with Crippen molar-refractivity contribution in [1.29, 1.82) is 0 Å². The average Bonchev–Trinajstić information content (AvgIpc) is 2.92. The number of aromatic nitrogens is 1. The Morgan fingerprint density at radius 1 is 1.15 bits per heavy atom. The van der Waals surface area contributed by atoms with E-state index in [0.29, 0.717) is 35.1 Å². The minimum Gasteiger partial charge on any atom is -0.426 e. The Labute approximate surface area is 155 Å². The van der Waals surface area contributed by atoms with E-state index < -0.39 is 0 Å². The first-order chi connectivity index (χ1) is 12.5. The summed E-state index contributed by atoms with van der Waals surface area (Å²) in [5.74, 6) is -0.137. The highest BCUT2D eigenvalue weighted by Crippen LogP contribution is 2.31. The van der Waals surface area contributed by atoms with Crippen LogP contribution in [0.2, 0.25) is 0 Å². The number of H-pyrrole nitrogens is 1. The van der Waals surface area contributed by atoms with Crippen LogP contribution in [0.1, 0.15) is 57.4 Å². The highest BCUT2D eigenvalue weighted by atomic mass is 19.1. The number of rotatable bonds is 11. The predicted molar refractivity (Wildman–Crippen MR) is 104 cm³/mol. The summed E-state index contributed by atoms with van der Waals surface area (Å²) in [5, 5.41) is 0.683. The lowest BCUT2D eigenvalue weighted by Gasteiger charge is -2.10. The average molecular weight is 362 g/mol. The number of fused-ring (bicyclic) bond motifs is 1. The molecule has 26 heavy (non-hydrogen) atoms. The number of nitrogens with zero attached hydrogens (tertiary/aromatic N) is 1. The first kappa shape index (κ1) is 20.4. The van der Waals surface area contributed by atoms with E-state index in [4.69, 9.17) is 4.74 Å². The molecule has 5 heteroatoms. The van der Waals surface area contributed by atoms with E-state index in [2.05, 4.69) is 11.9 Å². The van der Waals surface area contributed by atoms with Crippen LogP contribution in [-0.4, -0.2) is 36.5 Å². The van der Waals surface area contributed by atoms with Crippen LogP contribution in [0.5, 0.6) is 5.75 Å². The van der Waals surface area contributed by atoms with Crippen molar-refractivity contribution in [3.8, 4) is 5.75 Å². The second-order valence-electron chi connectivity index (χ2n) is 7.14. The molecule has 0 radical (unpaired) electrons. The third-order valence-electron chi connectivity index (χ3n) is 4.60. The molecule has 0 saturated carbocycles. The maximum absolute atomic E-state index is 14.3. The molecule has 0 aliphatic heterocycles. The van der Waals surface area contributed by atoms with E-state index in [1.165, 1.54) is 19.3 Å². The Bertz CT molecular complexity index is 709. The Morgan fingerprint density at radius 2 is 1.88 bits per heavy atom. The maximum Gasteiger partial charge on any atom is 0.311 e. The molecule has 0 aliphatic carbocycles. The third kappa shape index (κ3) is 5.84. The summed E-state index contributed by atoms with van der Waals surface area (Å²) < 4.78 is 19.9. The lowest BCUT2D eigenvalue weighted by atomic mass is 10.1. The molecule has 144 valence electrons. The van der Waals surface area contributed by atoms with Crippen molar-refractivity contribution < 1.29 is 13.9 Å². The van der Waals surface area contributed by atoms with Crippen LogP contribution in [-0.2, 0) is 11.2 Å². The SMILES string of the molecule is CCCCCCCCC(=O)Oc1cccc2[nH]c(F)c(CCN(C)C)c12. The minimum atomic E-state index is -0.346. The van der Waals surface area contributed by atoms with Crippen molar-refractivity contribution in [3.63, 3.8) is 0 Å². The summed E-state index contributed by atoms with van der Waals surface area (Å²) in [6.45, 7) is 2.92. The number of likely N-dealkylation sites (N-methyl/N-ethyl adjacent to an activating group) is 1. The highest BCUT2D eigenvalue weighted by molar-refractivity contribution is 5.91. The minimum absolute atomic E-state index is 0.242. The van der Waals surface area contributed by atoms with Crippen LogP contribution >= 0.6 is 0 Å². The van der Waals surface area contributed by atoms with Gasteiger partial charge in [0.15, 0.2) is 5.95 Å². The van der Waals surface area contributed by atoms with Gasteiger partial charge in [-0.25, -0.2) is 0 Å². The summed E-state index contributed by atoms with van der Waals surface area (Å²) in [5.41, 5.74) is 1.25. The van der Waals surface area contributed by atoms with Gasteiger partial charge in [0.25, 0.3) is 0 Å². The molecule has 4 nitrogen and oxygen atoms in total. The predicted octanol–water partition coefficient (Wildman–Crippen LogP) is 5.07. The molecule has 0 unspecified atom stereocenters. The first-order valence-electron chi connectivity index (χ1n) is 9.67. The molecular weight excluding hydrogens is 331 g/mol.